The van der Waals surface area contributed by atoms with Crippen LogP contribution in [0.15, 0.2) is 36.4 Å². The lowest BCUT2D eigenvalue weighted by Crippen LogP contribution is -2.54. The fourth-order valence-corrected chi connectivity index (χ4v) is 6.89. The van der Waals surface area contributed by atoms with Crippen LogP contribution in [0.5, 0.6) is 0 Å². The second kappa shape index (κ2) is 7.30. The molecule has 1 N–H and O–H groups in total. The number of para-hydroxylation sites is 1. The summed E-state index contributed by atoms with van der Waals surface area (Å²) in [7, 11) is 0. The van der Waals surface area contributed by atoms with E-state index in [4.69, 9.17) is 11.6 Å². The summed E-state index contributed by atoms with van der Waals surface area (Å²) in [6, 6.07) is 7.76. The van der Waals surface area contributed by atoms with Crippen LogP contribution in [0.25, 0.3) is 0 Å². The van der Waals surface area contributed by atoms with Gasteiger partial charge >= 0.3 is 6.18 Å². The highest BCUT2D eigenvalue weighted by Crippen LogP contribution is 2.61. The molecule has 3 amide bonds. The highest BCUT2D eigenvalue weighted by Gasteiger charge is 2.74. The average molecular weight is 504 g/mol. The van der Waals surface area contributed by atoms with Crippen LogP contribution in [-0.4, -0.2) is 35.2 Å². The van der Waals surface area contributed by atoms with Crippen molar-refractivity contribution in [2.24, 2.45) is 11.8 Å². The predicted molar refractivity (Wildman–Crippen MR) is 122 cm³/mol. The zero-order chi connectivity index (χ0) is 24.9. The lowest BCUT2D eigenvalue weighted by atomic mass is 9.75. The Morgan fingerprint density at radius 3 is 2.63 bits per heavy atom. The number of aryl methyl sites for hydroxylation is 1. The number of anilines is 2. The molecule has 0 radical (unpaired) electrons. The summed E-state index contributed by atoms with van der Waals surface area (Å²) in [6.07, 6.45) is -2.65. The molecule has 4 aliphatic heterocycles. The van der Waals surface area contributed by atoms with Crippen LogP contribution in [0.3, 0.4) is 0 Å². The number of hydrogen-bond donors (Lipinski definition) is 1. The van der Waals surface area contributed by atoms with Crippen LogP contribution < -0.4 is 10.2 Å². The van der Waals surface area contributed by atoms with E-state index >= 15 is 0 Å². The molecule has 0 saturated carbocycles. The maximum absolute atomic E-state index is 14.0. The maximum atomic E-state index is 14.0. The molecule has 2 aromatic rings. The highest BCUT2D eigenvalue weighted by atomic mass is 35.5. The molecule has 0 aromatic heterocycles. The van der Waals surface area contributed by atoms with Gasteiger partial charge < -0.3 is 5.32 Å². The quantitative estimate of drug-likeness (QED) is 0.619. The molecule has 4 heterocycles. The minimum atomic E-state index is -4.68. The van der Waals surface area contributed by atoms with Gasteiger partial charge in [0.2, 0.25) is 17.7 Å². The van der Waals surface area contributed by atoms with Gasteiger partial charge in [-0.15, -0.1) is 0 Å². The lowest BCUT2D eigenvalue weighted by molar-refractivity contribution is -0.137. The van der Waals surface area contributed by atoms with Crippen molar-refractivity contribution in [3.8, 4) is 0 Å². The van der Waals surface area contributed by atoms with E-state index in [2.05, 4.69) is 5.32 Å². The zero-order valence-corrected chi connectivity index (χ0v) is 19.4. The highest BCUT2D eigenvalue weighted by molar-refractivity contribution is 6.36. The predicted octanol–water partition coefficient (Wildman–Crippen LogP) is 4.35. The smallest absolute Gasteiger partial charge is 0.324 e. The minimum Gasteiger partial charge on any atom is -0.324 e. The number of carbonyl (C=O) groups excluding carboxylic acids is 3. The van der Waals surface area contributed by atoms with Crippen molar-refractivity contribution in [1.82, 2.24) is 4.90 Å². The molecular formula is C25H21ClF3N3O3. The number of fused-ring (bicyclic) bond motifs is 7. The van der Waals surface area contributed by atoms with Crippen LogP contribution >= 0.6 is 11.6 Å². The van der Waals surface area contributed by atoms with Gasteiger partial charge in [0.25, 0.3) is 0 Å². The van der Waals surface area contributed by atoms with E-state index in [9.17, 15) is 27.6 Å². The number of imide groups is 1. The molecule has 4 atom stereocenters. The lowest BCUT2D eigenvalue weighted by Gasteiger charge is -2.36. The molecule has 3 fully saturated rings. The van der Waals surface area contributed by atoms with Gasteiger partial charge in [-0.1, -0.05) is 36.7 Å². The molecule has 0 bridgehead atoms. The number of rotatable bonds is 2. The summed E-state index contributed by atoms with van der Waals surface area (Å²) in [5.41, 5.74) is -0.472. The minimum absolute atomic E-state index is 0.137. The third-order valence-electron chi connectivity index (χ3n) is 8.01. The normalized spacial score (nSPS) is 29.7. The van der Waals surface area contributed by atoms with Crippen LogP contribution in [-0.2, 0) is 32.5 Å². The summed E-state index contributed by atoms with van der Waals surface area (Å²) in [6.45, 7) is 2.51. The standard InChI is InChI=1S/C25H21ClF3N3O3/c1-2-12-5-3-6-14-20(12)30-23(35)24(14)19-18(16-7-4-10-31(16)24)21(33)32(22(19)34)17-11-13(25(27,28)29)8-9-15(17)26/h3,5-6,8-9,11,16,18-19H,2,4,7,10H2,1H3,(H,30,35). The van der Waals surface area contributed by atoms with E-state index in [1.807, 2.05) is 30.0 Å². The van der Waals surface area contributed by atoms with Gasteiger partial charge in [0.1, 0.15) is 5.54 Å². The van der Waals surface area contributed by atoms with E-state index in [-0.39, 0.29) is 22.7 Å². The Labute approximate surface area is 204 Å². The fourth-order valence-electron chi connectivity index (χ4n) is 6.68. The Kier molecular flexibility index (Phi) is 4.70. The van der Waals surface area contributed by atoms with Crippen molar-refractivity contribution in [2.75, 3.05) is 16.8 Å². The molecule has 1 spiro atoms. The molecule has 10 heteroatoms. The van der Waals surface area contributed by atoms with Gasteiger partial charge in [-0.3, -0.25) is 19.3 Å². The van der Waals surface area contributed by atoms with E-state index in [0.29, 0.717) is 30.6 Å². The molecule has 182 valence electrons. The largest absolute Gasteiger partial charge is 0.416 e. The Balaban J connectivity index is 1.54. The number of halogens is 4. The fraction of sp³-hybridized carbons (Fsp3) is 0.400. The Morgan fingerprint density at radius 1 is 1.14 bits per heavy atom. The topological polar surface area (TPSA) is 69.7 Å². The molecule has 2 aromatic carbocycles. The summed E-state index contributed by atoms with van der Waals surface area (Å²) in [5, 5.41) is 2.83. The molecule has 35 heavy (non-hydrogen) atoms. The van der Waals surface area contributed by atoms with Crippen LogP contribution in [0.1, 0.15) is 36.5 Å². The number of amides is 3. The van der Waals surface area contributed by atoms with Gasteiger partial charge in [-0.05, 0) is 49.6 Å². The zero-order valence-electron chi connectivity index (χ0n) is 18.7. The van der Waals surface area contributed by atoms with Crippen molar-refractivity contribution < 1.29 is 27.6 Å². The molecule has 4 unspecified atom stereocenters. The molecule has 4 aliphatic rings. The molecule has 0 aliphatic carbocycles. The summed E-state index contributed by atoms with van der Waals surface area (Å²) in [5.74, 6) is -3.58. The number of alkyl halides is 3. The Hall–Kier alpha value is -2.91. The first-order valence-corrected chi connectivity index (χ1v) is 11.9. The van der Waals surface area contributed by atoms with Crippen molar-refractivity contribution in [1.29, 1.82) is 0 Å². The van der Waals surface area contributed by atoms with Crippen LogP contribution in [0, 0.1) is 11.8 Å². The van der Waals surface area contributed by atoms with Gasteiger partial charge in [0.15, 0.2) is 0 Å². The Morgan fingerprint density at radius 2 is 1.91 bits per heavy atom. The van der Waals surface area contributed by atoms with Gasteiger partial charge in [-0.25, -0.2) is 4.90 Å². The summed E-state index contributed by atoms with van der Waals surface area (Å²) < 4.78 is 40.3. The third-order valence-corrected chi connectivity index (χ3v) is 8.33. The van der Waals surface area contributed by atoms with Gasteiger partial charge in [0, 0.05) is 17.3 Å². The van der Waals surface area contributed by atoms with Crippen molar-refractivity contribution in [3.63, 3.8) is 0 Å². The number of nitrogens with one attached hydrogen (secondary N) is 1. The second-order valence-electron chi connectivity index (χ2n) is 9.50. The Bertz CT molecular complexity index is 1310. The molecular weight excluding hydrogens is 483 g/mol. The second-order valence-corrected chi connectivity index (χ2v) is 9.90. The van der Waals surface area contributed by atoms with E-state index < -0.39 is 40.9 Å². The average Bonchev–Trinajstić information content (AvgIpc) is 3.52. The van der Waals surface area contributed by atoms with Crippen molar-refractivity contribution in [3.05, 3.63) is 58.1 Å². The first-order valence-electron chi connectivity index (χ1n) is 11.6. The molecule has 6 rings (SSSR count). The van der Waals surface area contributed by atoms with E-state index in [1.165, 1.54) is 0 Å². The third kappa shape index (κ3) is 2.73. The van der Waals surface area contributed by atoms with E-state index in [0.717, 1.165) is 35.1 Å². The number of nitrogens with zero attached hydrogens (tertiary/aromatic N) is 2. The van der Waals surface area contributed by atoms with Gasteiger partial charge in [0.05, 0.1) is 28.1 Å². The van der Waals surface area contributed by atoms with Crippen LogP contribution in [0.4, 0.5) is 24.5 Å². The van der Waals surface area contributed by atoms with Crippen molar-refractivity contribution >= 4 is 40.7 Å². The number of carbonyl (C=O) groups is 3. The summed E-state index contributed by atoms with van der Waals surface area (Å²) in [4.78, 5) is 44.2. The summed E-state index contributed by atoms with van der Waals surface area (Å²) >= 11 is 6.22. The van der Waals surface area contributed by atoms with E-state index in [1.54, 1.807) is 0 Å². The molecule has 3 saturated heterocycles. The number of benzene rings is 2. The molecule has 6 nitrogen and oxygen atoms in total. The first kappa shape index (κ1) is 22.5. The van der Waals surface area contributed by atoms with Gasteiger partial charge in [-0.2, -0.15) is 13.2 Å². The monoisotopic (exact) mass is 503 g/mol. The first-order chi connectivity index (χ1) is 16.6. The number of hydrogen-bond acceptors (Lipinski definition) is 4. The van der Waals surface area contributed by atoms with Crippen LogP contribution in [0.2, 0.25) is 5.02 Å². The maximum Gasteiger partial charge on any atom is 0.416 e. The SMILES string of the molecule is CCc1cccc2c1NC(=O)C21C2C(=O)N(c3cc(C(F)(F)F)ccc3Cl)C(=O)C2C2CCCN21. The van der Waals surface area contributed by atoms with Crippen molar-refractivity contribution in [2.45, 2.75) is 43.9 Å².